The molecule has 0 spiro atoms. The molecule has 1 unspecified atom stereocenters. The second-order valence-electron chi connectivity index (χ2n) is 5.41. The Morgan fingerprint density at radius 3 is 2.37 bits per heavy atom. The van der Waals surface area contributed by atoms with Crippen LogP contribution in [0.3, 0.4) is 0 Å². The summed E-state index contributed by atoms with van der Waals surface area (Å²) >= 11 is 0. The van der Waals surface area contributed by atoms with Gasteiger partial charge in [0.15, 0.2) is 0 Å². The molecule has 0 aliphatic heterocycles. The monoisotopic (exact) mass is 267 g/mol. The van der Waals surface area contributed by atoms with Gasteiger partial charge in [-0.05, 0) is 20.3 Å². The van der Waals surface area contributed by atoms with Crippen LogP contribution in [0.15, 0.2) is 0 Å². The van der Waals surface area contributed by atoms with Crippen molar-refractivity contribution in [1.29, 1.82) is 0 Å². The minimum atomic E-state index is -0.758. The van der Waals surface area contributed by atoms with Crippen molar-refractivity contribution >= 4 is 11.6 Å². The molecule has 1 heterocycles. The first-order valence-electron chi connectivity index (χ1n) is 6.62. The van der Waals surface area contributed by atoms with E-state index in [2.05, 4.69) is 20.7 Å². The number of hydrazine groups is 1. The third-order valence-corrected chi connectivity index (χ3v) is 3.21. The molecule has 0 aliphatic carbocycles. The topological polar surface area (TPSA) is 96.1 Å². The number of hydrogen-bond donors (Lipinski definition) is 4. The lowest BCUT2D eigenvalue weighted by Gasteiger charge is -2.23. The second kappa shape index (κ2) is 6.16. The van der Waals surface area contributed by atoms with Gasteiger partial charge >= 0.3 is 0 Å². The summed E-state index contributed by atoms with van der Waals surface area (Å²) in [6, 6.07) is 0. The quantitative estimate of drug-likeness (QED) is 0.463. The summed E-state index contributed by atoms with van der Waals surface area (Å²) in [6.07, 6.45) is 0.670. The van der Waals surface area contributed by atoms with E-state index in [4.69, 9.17) is 5.84 Å². The van der Waals surface area contributed by atoms with Gasteiger partial charge in [-0.15, -0.1) is 0 Å². The lowest BCUT2D eigenvalue weighted by molar-refractivity contribution is 0.0696. The van der Waals surface area contributed by atoms with Crippen LogP contribution in [-0.4, -0.2) is 27.2 Å². The Balaban J connectivity index is 3.02. The minimum absolute atomic E-state index is 0.208. The van der Waals surface area contributed by atoms with Crippen LogP contribution in [0.5, 0.6) is 0 Å². The number of aromatic nitrogens is 2. The van der Waals surface area contributed by atoms with E-state index in [9.17, 15) is 5.11 Å². The summed E-state index contributed by atoms with van der Waals surface area (Å²) in [5, 5.41) is 13.2. The number of nitrogens with one attached hydrogen (secondary N) is 2. The molecule has 1 aromatic rings. The second-order valence-corrected chi connectivity index (χ2v) is 5.41. The first kappa shape index (κ1) is 15.7. The number of nitrogens with two attached hydrogens (primary N) is 1. The van der Waals surface area contributed by atoms with Crippen molar-refractivity contribution in [2.75, 3.05) is 17.3 Å². The van der Waals surface area contributed by atoms with Crippen molar-refractivity contribution in [3.63, 3.8) is 0 Å². The predicted molar refractivity (Wildman–Crippen MR) is 78.1 cm³/mol. The molecular formula is C13H25N5O. The maximum Gasteiger partial charge on any atom is 0.148 e. The number of nitrogen functional groups attached to an aromatic ring is 1. The largest absolute Gasteiger partial charge is 0.388 e. The van der Waals surface area contributed by atoms with Crippen molar-refractivity contribution < 1.29 is 5.11 Å². The maximum absolute atomic E-state index is 10.0. The fraction of sp³-hybridized carbons (Fsp3) is 0.692. The summed E-state index contributed by atoms with van der Waals surface area (Å²) in [6.45, 7) is 10.1. The van der Waals surface area contributed by atoms with Crippen LogP contribution in [-0.2, 0) is 0 Å². The molecule has 6 nitrogen and oxygen atoms in total. The molecule has 5 N–H and O–H groups in total. The Labute approximate surface area is 114 Å². The normalized spacial score (nSPS) is 14.3. The highest BCUT2D eigenvalue weighted by atomic mass is 16.3. The van der Waals surface area contributed by atoms with Gasteiger partial charge in [-0.3, -0.25) is 0 Å². The van der Waals surface area contributed by atoms with E-state index in [-0.39, 0.29) is 5.92 Å². The van der Waals surface area contributed by atoms with E-state index in [1.807, 2.05) is 27.7 Å². The summed E-state index contributed by atoms with van der Waals surface area (Å²) in [5.41, 5.74) is 2.68. The van der Waals surface area contributed by atoms with Crippen LogP contribution < -0.4 is 16.6 Å². The average Bonchev–Trinajstić information content (AvgIpc) is 2.37. The van der Waals surface area contributed by atoms with E-state index in [0.717, 1.165) is 11.4 Å². The van der Waals surface area contributed by atoms with Crippen molar-refractivity contribution in [3.05, 3.63) is 11.4 Å². The van der Waals surface area contributed by atoms with Gasteiger partial charge in [0, 0.05) is 18.0 Å². The highest BCUT2D eigenvalue weighted by molar-refractivity contribution is 5.57. The smallest absolute Gasteiger partial charge is 0.148 e. The molecule has 0 radical (unpaired) electrons. The molecule has 0 bridgehead atoms. The van der Waals surface area contributed by atoms with Gasteiger partial charge in [0.2, 0.25) is 0 Å². The van der Waals surface area contributed by atoms with Gasteiger partial charge in [-0.25, -0.2) is 15.8 Å². The van der Waals surface area contributed by atoms with Crippen LogP contribution in [0, 0.1) is 6.92 Å². The average molecular weight is 267 g/mol. The lowest BCUT2D eigenvalue weighted by atomic mass is 10.0. The maximum atomic E-state index is 10.0. The van der Waals surface area contributed by atoms with Crippen LogP contribution in [0.2, 0.25) is 0 Å². The lowest BCUT2D eigenvalue weighted by Crippen LogP contribution is -2.33. The summed E-state index contributed by atoms with van der Waals surface area (Å²) < 4.78 is 0. The third kappa shape index (κ3) is 4.04. The highest BCUT2D eigenvalue weighted by Crippen LogP contribution is 2.23. The molecule has 6 heteroatoms. The first-order valence-corrected chi connectivity index (χ1v) is 6.62. The van der Waals surface area contributed by atoms with Gasteiger partial charge in [-0.1, -0.05) is 20.8 Å². The van der Waals surface area contributed by atoms with Crippen LogP contribution in [0.1, 0.15) is 51.4 Å². The third-order valence-electron chi connectivity index (χ3n) is 3.21. The molecule has 1 rings (SSSR count). The van der Waals surface area contributed by atoms with Crippen LogP contribution in [0.25, 0.3) is 0 Å². The Bertz CT molecular complexity index is 431. The number of nitrogens with zero attached hydrogens (tertiary/aromatic N) is 2. The fourth-order valence-electron chi connectivity index (χ4n) is 1.50. The van der Waals surface area contributed by atoms with E-state index in [1.54, 1.807) is 6.92 Å². The molecule has 0 saturated carbocycles. The molecule has 19 heavy (non-hydrogen) atoms. The van der Waals surface area contributed by atoms with E-state index in [0.29, 0.717) is 24.6 Å². The highest BCUT2D eigenvalue weighted by Gasteiger charge is 2.19. The van der Waals surface area contributed by atoms with E-state index >= 15 is 0 Å². The van der Waals surface area contributed by atoms with Crippen molar-refractivity contribution in [3.8, 4) is 0 Å². The predicted octanol–water partition coefficient (Wildman–Crippen LogP) is 1.77. The number of hydrogen-bond acceptors (Lipinski definition) is 6. The van der Waals surface area contributed by atoms with Crippen LogP contribution in [0.4, 0.5) is 11.6 Å². The Morgan fingerprint density at radius 1 is 1.32 bits per heavy atom. The standard InChI is InChI=1S/C13H25N5O/c1-6-13(5,19)7-15-11-9(4)12(18-14)17-10(16-11)8(2)3/h8,19H,6-7,14H2,1-5H3,(H2,15,16,17,18). The molecular weight excluding hydrogens is 242 g/mol. The van der Waals surface area contributed by atoms with Gasteiger partial charge in [-0.2, -0.15) is 0 Å². The van der Waals surface area contributed by atoms with Gasteiger partial charge in [0.25, 0.3) is 0 Å². The van der Waals surface area contributed by atoms with Crippen molar-refractivity contribution in [2.24, 2.45) is 5.84 Å². The van der Waals surface area contributed by atoms with E-state index in [1.165, 1.54) is 0 Å². The number of rotatable bonds is 6. The van der Waals surface area contributed by atoms with Crippen molar-refractivity contribution in [2.45, 2.75) is 52.6 Å². The van der Waals surface area contributed by atoms with Gasteiger partial charge in [0.05, 0.1) is 5.60 Å². The van der Waals surface area contributed by atoms with Gasteiger partial charge in [0.1, 0.15) is 17.5 Å². The Hall–Kier alpha value is -1.40. The zero-order valence-corrected chi connectivity index (χ0v) is 12.4. The molecule has 0 saturated heterocycles. The number of anilines is 2. The summed E-state index contributed by atoms with van der Waals surface area (Å²) in [5.74, 6) is 7.72. The fourth-order valence-corrected chi connectivity index (χ4v) is 1.50. The number of aliphatic hydroxyl groups is 1. The molecule has 0 amide bonds. The minimum Gasteiger partial charge on any atom is -0.388 e. The molecule has 0 aromatic carbocycles. The first-order chi connectivity index (χ1) is 8.80. The SMILES string of the molecule is CCC(C)(O)CNc1nc(C(C)C)nc(NN)c1C. The molecule has 1 aromatic heterocycles. The summed E-state index contributed by atoms with van der Waals surface area (Å²) in [7, 11) is 0. The van der Waals surface area contributed by atoms with Crippen LogP contribution >= 0.6 is 0 Å². The zero-order chi connectivity index (χ0) is 14.6. The molecule has 108 valence electrons. The summed E-state index contributed by atoms with van der Waals surface area (Å²) in [4.78, 5) is 8.85. The van der Waals surface area contributed by atoms with Gasteiger partial charge < -0.3 is 15.8 Å². The van der Waals surface area contributed by atoms with Crippen molar-refractivity contribution in [1.82, 2.24) is 9.97 Å². The Morgan fingerprint density at radius 2 is 1.89 bits per heavy atom. The van der Waals surface area contributed by atoms with E-state index < -0.39 is 5.60 Å². The zero-order valence-electron chi connectivity index (χ0n) is 12.4. The molecule has 1 atom stereocenters. The molecule has 0 aliphatic rings. The Kier molecular flexibility index (Phi) is 5.08. The molecule has 0 fully saturated rings.